The minimum atomic E-state index is -0.597. The van der Waals surface area contributed by atoms with Crippen molar-refractivity contribution in [3.05, 3.63) is 69.3 Å². The van der Waals surface area contributed by atoms with Crippen molar-refractivity contribution in [2.45, 2.75) is 12.0 Å². The van der Waals surface area contributed by atoms with Crippen molar-refractivity contribution in [3.63, 3.8) is 0 Å². The van der Waals surface area contributed by atoms with Gasteiger partial charge in [0.25, 0.3) is 5.69 Å². The second-order valence-electron chi connectivity index (χ2n) is 10.3. The van der Waals surface area contributed by atoms with Crippen molar-refractivity contribution in [3.8, 4) is 34.5 Å². The summed E-state index contributed by atoms with van der Waals surface area (Å²) in [5, 5.41) is 17.9. The number of cyclic esters (lactones) is 1. The van der Waals surface area contributed by atoms with Crippen molar-refractivity contribution >= 4 is 34.7 Å². The molecule has 0 bridgehead atoms. The summed E-state index contributed by atoms with van der Waals surface area (Å²) < 4.78 is 39.3. The zero-order valence-corrected chi connectivity index (χ0v) is 25.0. The van der Waals surface area contributed by atoms with Crippen LogP contribution in [0.5, 0.6) is 34.5 Å². The van der Waals surface area contributed by atoms with Gasteiger partial charge in [0.1, 0.15) is 5.75 Å². The molecule has 1 aliphatic carbocycles. The van der Waals surface area contributed by atoms with E-state index in [1.54, 1.807) is 0 Å². The van der Waals surface area contributed by atoms with E-state index in [1.165, 1.54) is 46.6 Å². The molecule has 0 radical (unpaired) electrons. The number of hydrogen-bond acceptors (Lipinski definition) is 11. The molecule has 2 N–H and O–H groups in total. The molecule has 44 heavy (non-hydrogen) atoms. The van der Waals surface area contributed by atoms with Gasteiger partial charge in [0, 0.05) is 17.9 Å². The molecule has 3 aromatic rings. The van der Waals surface area contributed by atoms with Crippen molar-refractivity contribution in [1.29, 1.82) is 0 Å². The van der Waals surface area contributed by atoms with E-state index in [0.29, 0.717) is 34.4 Å². The van der Waals surface area contributed by atoms with Crippen LogP contribution in [0, 0.1) is 22.0 Å². The van der Waals surface area contributed by atoms with E-state index in [-0.39, 0.29) is 41.8 Å². The number of carbonyl (C=O) groups excluding carboxylic acids is 1. The number of esters is 1. The van der Waals surface area contributed by atoms with Crippen molar-refractivity contribution in [2.75, 3.05) is 47.2 Å². The number of nitro groups is 1. The number of nitrogens with one attached hydrogen (secondary N) is 2. The number of benzene rings is 3. The van der Waals surface area contributed by atoms with Crippen LogP contribution < -0.4 is 39.1 Å². The molecule has 0 spiro atoms. The summed E-state index contributed by atoms with van der Waals surface area (Å²) >= 11 is 5.70. The summed E-state index contributed by atoms with van der Waals surface area (Å²) in [6.45, 7) is 0.222. The van der Waals surface area contributed by atoms with E-state index < -0.39 is 22.8 Å². The Morgan fingerprint density at radius 1 is 0.909 bits per heavy atom. The topological polar surface area (TPSA) is 149 Å². The van der Waals surface area contributed by atoms with Gasteiger partial charge in [-0.05, 0) is 59.2 Å². The number of rotatable bonds is 8. The first kappa shape index (κ1) is 29.1. The number of fused-ring (bicyclic) bond motifs is 3. The maximum absolute atomic E-state index is 13.4. The van der Waals surface area contributed by atoms with E-state index in [4.69, 9.17) is 45.4 Å². The molecule has 6 rings (SSSR count). The largest absolute Gasteiger partial charge is 0.494 e. The lowest BCUT2D eigenvalue weighted by Gasteiger charge is -2.40. The lowest BCUT2D eigenvalue weighted by molar-refractivity contribution is -0.384. The average molecular weight is 624 g/mol. The highest BCUT2D eigenvalue weighted by molar-refractivity contribution is 7.80. The molecule has 2 heterocycles. The molecule has 0 saturated carbocycles. The van der Waals surface area contributed by atoms with E-state index >= 15 is 0 Å². The number of non-ortho nitro benzene ring substituents is 1. The Morgan fingerprint density at radius 3 is 2.18 bits per heavy atom. The van der Waals surface area contributed by atoms with Crippen LogP contribution in [0.25, 0.3) is 0 Å². The standard InChI is InChI=1S/C30H29N3O10S/c1-37-20-9-15(33(35)36)5-6-19(20)31-30(44)32-27-17-11-22-21(42-13-43-22)10-16(17)25(26-18(27)12-41-29(26)34)14-7-23(38-2)28(40-4)24(8-14)39-3/h5-11,18,25-27H,12-13H2,1-4H3,(H2,31,32,44)/t18-,25+,26-,27+/m0/s1. The summed E-state index contributed by atoms with van der Waals surface area (Å²) in [4.78, 5) is 24.2. The van der Waals surface area contributed by atoms with Crippen LogP contribution >= 0.6 is 12.2 Å². The normalized spacial score (nSPS) is 21.0. The van der Waals surface area contributed by atoms with Gasteiger partial charge in [-0.15, -0.1) is 0 Å². The van der Waals surface area contributed by atoms with Crippen LogP contribution in [-0.2, 0) is 9.53 Å². The van der Waals surface area contributed by atoms with Crippen LogP contribution in [0.1, 0.15) is 28.7 Å². The lowest BCUT2D eigenvalue weighted by Crippen LogP contribution is -2.44. The molecule has 0 unspecified atom stereocenters. The number of thiocarbonyl (C=S) groups is 1. The van der Waals surface area contributed by atoms with E-state index in [9.17, 15) is 14.9 Å². The van der Waals surface area contributed by atoms with Crippen LogP contribution in [0.3, 0.4) is 0 Å². The SMILES string of the molecule is COc1cc([N+](=O)[O-])ccc1NC(=S)N[C@@H]1c2cc3c(cc2[C@@H](c2cc(OC)c(OC)c(OC)c2)[C@H]2C(=O)OC[C@@H]21)OCO3. The van der Waals surface area contributed by atoms with E-state index in [2.05, 4.69) is 10.6 Å². The molecule has 230 valence electrons. The molecule has 1 saturated heterocycles. The van der Waals surface area contributed by atoms with Gasteiger partial charge in [0.2, 0.25) is 12.5 Å². The van der Waals surface area contributed by atoms with Gasteiger partial charge in [-0.2, -0.15) is 0 Å². The van der Waals surface area contributed by atoms with Gasteiger partial charge in [-0.25, -0.2) is 0 Å². The van der Waals surface area contributed by atoms with Gasteiger partial charge in [-0.1, -0.05) is 0 Å². The van der Waals surface area contributed by atoms with E-state index in [0.717, 1.165) is 16.7 Å². The van der Waals surface area contributed by atoms with Gasteiger partial charge >= 0.3 is 5.97 Å². The van der Waals surface area contributed by atoms with Gasteiger partial charge in [0.05, 0.1) is 63.7 Å². The van der Waals surface area contributed by atoms with Crippen molar-refractivity contribution < 1.29 is 42.9 Å². The Labute approximate surface area is 257 Å². The average Bonchev–Trinajstić information content (AvgIpc) is 3.65. The molecule has 1 fully saturated rings. The summed E-state index contributed by atoms with van der Waals surface area (Å²) in [6.07, 6.45) is 0. The first-order chi connectivity index (χ1) is 21.3. The second-order valence-corrected chi connectivity index (χ2v) is 10.7. The molecule has 0 amide bonds. The maximum Gasteiger partial charge on any atom is 0.310 e. The molecule has 0 aromatic heterocycles. The molecule has 14 heteroatoms. The minimum absolute atomic E-state index is 0.0694. The Balaban J connectivity index is 1.43. The predicted octanol–water partition coefficient (Wildman–Crippen LogP) is 4.32. The third-order valence-corrected chi connectivity index (χ3v) is 8.38. The molecular formula is C30H29N3O10S. The number of nitrogens with zero attached hydrogens (tertiary/aromatic N) is 1. The van der Waals surface area contributed by atoms with E-state index in [1.807, 2.05) is 24.3 Å². The Morgan fingerprint density at radius 2 is 1.57 bits per heavy atom. The molecular weight excluding hydrogens is 594 g/mol. The first-order valence-electron chi connectivity index (χ1n) is 13.6. The quantitative estimate of drug-likeness (QED) is 0.159. The molecule has 4 atom stereocenters. The number of hydrogen-bond donors (Lipinski definition) is 2. The summed E-state index contributed by atoms with van der Waals surface area (Å²) in [7, 11) is 6.01. The predicted molar refractivity (Wildman–Crippen MR) is 160 cm³/mol. The van der Waals surface area contributed by atoms with Crippen molar-refractivity contribution in [2.24, 2.45) is 11.8 Å². The molecule has 13 nitrogen and oxygen atoms in total. The minimum Gasteiger partial charge on any atom is -0.494 e. The lowest BCUT2D eigenvalue weighted by atomic mass is 9.65. The number of carbonyl (C=O) groups is 1. The van der Waals surface area contributed by atoms with Crippen molar-refractivity contribution in [1.82, 2.24) is 5.32 Å². The smallest absolute Gasteiger partial charge is 0.310 e. The fraction of sp³-hybridized carbons (Fsp3) is 0.333. The van der Waals surface area contributed by atoms with Gasteiger partial charge in [-0.3, -0.25) is 14.9 Å². The fourth-order valence-electron chi connectivity index (χ4n) is 6.23. The van der Waals surface area contributed by atoms with Crippen LogP contribution in [-0.4, -0.2) is 57.8 Å². The molecule has 3 aromatic carbocycles. The van der Waals surface area contributed by atoms with Gasteiger partial charge < -0.3 is 43.8 Å². The number of methoxy groups -OCH3 is 4. The first-order valence-corrected chi connectivity index (χ1v) is 14.0. The summed E-state index contributed by atoms with van der Waals surface area (Å²) in [6, 6.07) is 11.2. The highest BCUT2D eigenvalue weighted by Gasteiger charge is 2.53. The second kappa shape index (κ2) is 11.6. The third-order valence-electron chi connectivity index (χ3n) is 8.16. The van der Waals surface area contributed by atoms with Crippen LogP contribution in [0.4, 0.5) is 11.4 Å². The Hall–Kier alpha value is -4.98. The highest BCUT2D eigenvalue weighted by atomic mass is 32.1. The Bertz CT molecular complexity index is 1640. The Kier molecular flexibility index (Phi) is 7.67. The zero-order chi connectivity index (χ0) is 31.1. The number of nitro benzene ring substituents is 1. The van der Waals surface area contributed by atoms with Crippen LogP contribution in [0.2, 0.25) is 0 Å². The maximum atomic E-state index is 13.4. The zero-order valence-electron chi connectivity index (χ0n) is 24.2. The van der Waals surface area contributed by atoms with Gasteiger partial charge in [0.15, 0.2) is 28.1 Å². The van der Waals surface area contributed by atoms with Crippen LogP contribution in [0.15, 0.2) is 42.5 Å². The highest BCUT2D eigenvalue weighted by Crippen LogP contribution is 2.55. The fourth-order valence-corrected chi connectivity index (χ4v) is 6.46. The number of ether oxygens (including phenoxy) is 7. The molecule has 3 aliphatic rings. The summed E-state index contributed by atoms with van der Waals surface area (Å²) in [5.41, 5.74) is 2.74. The monoisotopic (exact) mass is 623 g/mol. The number of anilines is 1. The third kappa shape index (κ3) is 4.90. The summed E-state index contributed by atoms with van der Waals surface area (Å²) in [5.74, 6) is 0.976. The molecule has 2 aliphatic heterocycles.